The van der Waals surface area contributed by atoms with Crippen molar-refractivity contribution in [2.45, 2.75) is 18.6 Å². The van der Waals surface area contributed by atoms with E-state index in [4.69, 9.17) is 5.73 Å². The molecule has 1 unspecified atom stereocenters. The summed E-state index contributed by atoms with van der Waals surface area (Å²) in [5.74, 6) is -1.30. The zero-order valence-corrected chi connectivity index (χ0v) is 10.7. The van der Waals surface area contributed by atoms with Crippen LogP contribution in [0.2, 0.25) is 0 Å². The summed E-state index contributed by atoms with van der Waals surface area (Å²) in [7, 11) is 0. The van der Waals surface area contributed by atoms with E-state index in [1.807, 2.05) is 0 Å². The Bertz CT molecular complexity index is 603. The summed E-state index contributed by atoms with van der Waals surface area (Å²) in [4.78, 5) is 0. The number of alkyl halides is 3. The third-order valence-electron chi connectivity index (χ3n) is 3.24. The van der Waals surface area contributed by atoms with Gasteiger partial charge in [-0.2, -0.15) is 13.2 Å². The van der Waals surface area contributed by atoms with Crippen molar-refractivity contribution in [1.29, 1.82) is 0 Å². The fourth-order valence-electron chi connectivity index (χ4n) is 2.02. The second-order valence-corrected chi connectivity index (χ2v) is 4.76. The first-order valence-electron chi connectivity index (χ1n) is 5.94. The molecule has 2 aromatic rings. The normalized spacial score (nSPS) is 14.9. The van der Waals surface area contributed by atoms with Crippen LogP contribution in [0.3, 0.4) is 0 Å². The van der Waals surface area contributed by atoms with E-state index < -0.39 is 23.1 Å². The summed E-state index contributed by atoms with van der Waals surface area (Å²) in [6.45, 7) is 1.59. The molecule has 0 aromatic heterocycles. The summed E-state index contributed by atoms with van der Waals surface area (Å²) >= 11 is 0. The highest BCUT2D eigenvalue weighted by molar-refractivity contribution is 5.39. The number of nitrogens with two attached hydrogens (primary N) is 1. The van der Waals surface area contributed by atoms with Crippen molar-refractivity contribution < 1.29 is 17.6 Å². The molecule has 1 atom stereocenters. The molecule has 0 aliphatic carbocycles. The van der Waals surface area contributed by atoms with Crippen LogP contribution in [0.5, 0.6) is 0 Å². The van der Waals surface area contributed by atoms with Crippen molar-refractivity contribution >= 4 is 0 Å². The first-order valence-corrected chi connectivity index (χ1v) is 5.94. The van der Waals surface area contributed by atoms with Gasteiger partial charge in [0.1, 0.15) is 5.82 Å². The lowest BCUT2D eigenvalue weighted by molar-refractivity contribution is -0.140. The summed E-state index contributed by atoms with van der Waals surface area (Å²) in [6.07, 6.45) is -4.74. The van der Waals surface area contributed by atoms with E-state index in [1.165, 1.54) is 6.07 Å². The lowest BCUT2D eigenvalue weighted by Crippen LogP contribution is -2.34. The monoisotopic (exact) mass is 283 g/mol. The second-order valence-electron chi connectivity index (χ2n) is 4.76. The summed E-state index contributed by atoms with van der Waals surface area (Å²) in [5.41, 5.74) is 4.56. The van der Waals surface area contributed by atoms with Crippen LogP contribution in [-0.4, -0.2) is 0 Å². The Labute approximate surface area is 114 Å². The van der Waals surface area contributed by atoms with Crippen LogP contribution >= 0.6 is 0 Å². The molecule has 5 heteroatoms. The van der Waals surface area contributed by atoms with E-state index >= 15 is 0 Å². The lowest BCUT2D eigenvalue weighted by atomic mass is 9.85. The molecule has 0 amide bonds. The third-order valence-corrected chi connectivity index (χ3v) is 3.24. The van der Waals surface area contributed by atoms with Gasteiger partial charge < -0.3 is 5.73 Å². The molecule has 0 spiro atoms. The Kier molecular flexibility index (Phi) is 3.56. The maximum Gasteiger partial charge on any atom is 0.419 e. The molecule has 0 aliphatic heterocycles. The smallest absolute Gasteiger partial charge is 0.318 e. The number of hydrogen-bond donors (Lipinski definition) is 1. The van der Waals surface area contributed by atoms with E-state index in [-0.39, 0.29) is 5.56 Å². The minimum Gasteiger partial charge on any atom is -0.318 e. The van der Waals surface area contributed by atoms with Gasteiger partial charge in [0.2, 0.25) is 0 Å². The average molecular weight is 283 g/mol. The zero-order chi connectivity index (χ0) is 15.0. The van der Waals surface area contributed by atoms with Crippen LogP contribution < -0.4 is 5.73 Å². The Hall–Kier alpha value is -1.88. The van der Waals surface area contributed by atoms with Crippen molar-refractivity contribution in [2.24, 2.45) is 5.73 Å². The van der Waals surface area contributed by atoms with Crippen LogP contribution in [-0.2, 0) is 11.7 Å². The molecule has 2 rings (SSSR count). The lowest BCUT2D eigenvalue weighted by Gasteiger charge is -2.27. The van der Waals surface area contributed by atoms with Gasteiger partial charge >= 0.3 is 6.18 Å². The zero-order valence-electron chi connectivity index (χ0n) is 10.7. The molecule has 0 saturated heterocycles. The second kappa shape index (κ2) is 4.90. The van der Waals surface area contributed by atoms with Crippen LogP contribution in [0.25, 0.3) is 0 Å². The first kappa shape index (κ1) is 14.5. The molecule has 0 saturated carbocycles. The van der Waals surface area contributed by atoms with E-state index in [9.17, 15) is 17.6 Å². The van der Waals surface area contributed by atoms with Crippen molar-refractivity contribution in [3.05, 3.63) is 71.0 Å². The van der Waals surface area contributed by atoms with E-state index in [0.29, 0.717) is 5.56 Å². The molecule has 0 aliphatic rings. The topological polar surface area (TPSA) is 26.0 Å². The minimum absolute atomic E-state index is 0.206. The van der Waals surface area contributed by atoms with Crippen molar-refractivity contribution in [1.82, 2.24) is 0 Å². The molecule has 106 valence electrons. The standard InChI is InChI=1S/C15H13F4N/c1-14(20,10-5-3-2-4-6-10)11-7-8-13(16)12(9-11)15(17,18)19/h2-9H,20H2,1H3. The summed E-state index contributed by atoms with van der Waals surface area (Å²) in [6, 6.07) is 11.5. The van der Waals surface area contributed by atoms with Gasteiger partial charge in [-0.25, -0.2) is 4.39 Å². The summed E-state index contributed by atoms with van der Waals surface area (Å²) < 4.78 is 51.5. The highest BCUT2D eigenvalue weighted by Gasteiger charge is 2.36. The van der Waals surface area contributed by atoms with E-state index in [1.54, 1.807) is 37.3 Å². The fraction of sp³-hybridized carbons (Fsp3) is 0.200. The first-order chi connectivity index (χ1) is 9.23. The van der Waals surface area contributed by atoms with Crippen LogP contribution in [0.1, 0.15) is 23.6 Å². The summed E-state index contributed by atoms with van der Waals surface area (Å²) in [5, 5.41) is 0. The molecular formula is C15H13F4N. The molecule has 1 nitrogen and oxygen atoms in total. The van der Waals surface area contributed by atoms with Gasteiger partial charge in [-0.1, -0.05) is 36.4 Å². The molecule has 0 heterocycles. The Morgan fingerprint density at radius 3 is 2.05 bits per heavy atom. The van der Waals surface area contributed by atoms with Gasteiger partial charge in [0.15, 0.2) is 0 Å². The molecule has 0 radical (unpaired) electrons. The SMILES string of the molecule is CC(N)(c1ccccc1)c1ccc(F)c(C(F)(F)F)c1. The molecule has 20 heavy (non-hydrogen) atoms. The predicted molar refractivity (Wildman–Crippen MR) is 68.5 cm³/mol. The molecule has 2 N–H and O–H groups in total. The third kappa shape index (κ3) is 2.67. The van der Waals surface area contributed by atoms with Crippen LogP contribution in [0, 0.1) is 5.82 Å². The van der Waals surface area contributed by atoms with Gasteiger partial charge in [-0.05, 0) is 30.2 Å². The average Bonchev–Trinajstić information content (AvgIpc) is 2.38. The number of hydrogen-bond acceptors (Lipinski definition) is 1. The highest BCUT2D eigenvalue weighted by Crippen LogP contribution is 2.35. The number of halogens is 4. The fourth-order valence-corrected chi connectivity index (χ4v) is 2.02. The van der Waals surface area contributed by atoms with Crippen LogP contribution in [0.4, 0.5) is 17.6 Å². The van der Waals surface area contributed by atoms with Crippen molar-refractivity contribution in [2.75, 3.05) is 0 Å². The highest BCUT2D eigenvalue weighted by atomic mass is 19.4. The Balaban J connectivity index is 2.54. The van der Waals surface area contributed by atoms with E-state index in [0.717, 1.165) is 12.1 Å². The molecular weight excluding hydrogens is 270 g/mol. The molecule has 0 bridgehead atoms. The van der Waals surface area contributed by atoms with Crippen molar-refractivity contribution in [3.63, 3.8) is 0 Å². The van der Waals surface area contributed by atoms with Gasteiger partial charge in [-0.3, -0.25) is 0 Å². The minimum atomic E-state index is -4.74. The van der Waals surface area contributed by atoms with Gasteiger partial charge in [-0.15, -0.1) is 0 Å². The van der Waals surface area contributed by atoms with Gasteiger partial charge in [0.05, 0.1) is 11.1 Å². The largest absolute Gasteiger partial charge is 0.419 e. The quantitative estimate of drug-likeness (QED) is 0.826. The van der Waals surface area contributed by atoms with Gasteiger partial charge in [0.25, 0.3) is 0 Å². The molecule has 0 fully saturated rings. The maximum absolute atomic E-state index is 13.3. The predicted octanol–water partition coefficient (Wildman–Crippen LogP) is 4.07. The number of benzene rings is 2. The number of rotatable bonds is 2. The Morgan fingerprint density at radius 2 is 1.50 bits per heavy atom. The van der Waals surface area contributed by atoms with Crippen LogP contribution in [0.15, 0.2) is 48.5 Å². The van der Waals surface area contributed by atoms with Crippen molar-refractivity contribution in [3.8, 4) is 0 Å². The molecule has 2 aromatic carbocycles. The Morgan fingerprint density at radius 1 is 0.900 bits per heavy atom. The van der Waals surface area contributed by atoms with E-state index in [2.05, 4.69) is 0 Å². The van der Waals surface area contributed by atoms with Gasteiger partial charge in [0, 0.05) is 0 Å². The maximum atomic E-state index is 13.3.